The van der Waals surface area contributed by atoms with Crippen LogP contribution in [0.3, 0.4) is 0 Å². The van der Waals surface area contributed by atoms with Gasteiger partial charge in [0.15, 0.2) is 0 Å². The van der Waals surface area contributed by atoms with Crippen LogP contribution in [0.5, 0.6) is 0 Å². The Bertz CT molecular complexity index is 2410. The molecule has 0 aliphatic carbocycles. The zero-order valence-electron chi connectivity index (χ0n) is 24.0. The maximum atomic E-state index is 2.44. The van der Waals surface area contributed by atoms with E-state index in [2.05, 4.69) is 157 Å². The number of hydrogen-bond donors (Lipinski definition) is 0. The first-order chi connectivity index (χ1) is 21.3. The summed E-state index contributed by atoms with van der Waals surface area (Å²) in [6.07, 6.45) is 1.00. The topological polar surface area (TPSA) is 4.93 Å². The summed E-state index contributed by atoms with van der Waals surface area (Å²) in [6, 6.07) is 53.8. The highest BCUT2D eigenvalue weighted by molar-refractivity contribution is 6.28. The Balaban J connectivity index is 1.31. The maximum absolute atomic E-state index is 2.44. The second kappa shape index (κ2) is 9.31. The van der Waals surface area contributed by atoms with Gasteiger partial charge in [-0.2, -0.15) is 0 Å². The molecule has 1 nitrogen and oxygen atoms in total. The molecular weight excluding hydrogens is 518 g/mol. The molecule has 0 atom stereocenters. The van der Waals surface area contributed by atoms with Gasteiger partial charge in [0.2, 0.25) is 0 Å². The van der Waals surface area contributed by atoms with Crippen LogP contribution in [0.25, 0.3) is 82.1 Å². The second-order valence-electron chi connectivity index (χ2n) is 11.6. The van der Waals surface area contributed by atoms with Crippen LogP contribution in [-0.4, -0.2) is 4.57 Å². The molecular formula is C42H29N. The summed E-state index contributed by atoms with van der Waals surface area (Å²) >= 11 is 0. The van der Waals surface area contributed by atoms with E-state index in [0.29, 0.717) is 0 Å². The average Bonchev–Trinajstić information content (AvgIpc) is 3.41. The van der Waals surface area contributed by atoms with Gasteiger partial charge >= 0.3 is 0 Å². The largest absolute Gasteiger partial charge is 0.309 e. The summed E-state index contributed by atoms with van der Waals surface area (Å²) in [5, 5.41) is 10.5. The quantitative estimate of drug-likeness (QED) is 0.193. The molecule has 0 fully saturated rings. The van der Waals surface area contributed by atoms with E-state index in [4.69, 9.17) is 0 Å². The normalized spacial score (nSPS) is 11.9. The van der Waals surface area contributed by atoms with Crippen molar-refractivity contribution in [2.45, 2.75) is 13.3 Å². The lowest BCUT2D eigenvalue weighted by Gasteiger charge is -2.19. The lowest BCUT2D eigenvalue weighted by Crippen LogP contribution is -1.95. The molecule has 9 rings (SSSR count). The summed E-state index contributed by atoms with van der Waals surface area (Å²) in [5.41, 5.74) is 10.2. The Kier molecular flexibility index (Phi) is 5.24. The van der Waals surface area contributed by atoms with Crippen molar-refractivity contribution in [3.8, 4) is 27.9 Å². The fourth-order valence-corrected chi connectivity index (χ4v) is 7.38. The van der Waals surface area contributed by atoms with Gasteiger partial charge in [-0.05, 0) is 96.9 Å². The van der Waals surface area contributed by atoms with Crippen LogP contribution < -0.4 is 0 Å². The van der Waals surface area contributed by atoms with Crippen molar-refractivity contribution >= 4 is 54.1 Å². The number of para-hydroxylation sites is 2. The van der Waals surface area contributed by atoms with E-state index in [1.165, 1.54) is 87.6 Å². The van der Waals surface area contributed by atoms with E-state index in [0.717, 1.165) is 6.42 Å². The third-order valence-electron chi connectivity index (χ3n) is 9.35. The molecule has 0 saturated heterocycles. The molecule has 0 unspecified atom stereocenters. The lowest BCUT2D eigenvalue weighted by atomic mass is 9.84. The number of aromatic nitrogens is 1. The molecule has 43 heavy (non-hydrogen) atoms. The number of aryl methyl sites for hydroxylation is 1. The molecule has 0 radical (unpaired) electrons. The zero-order valence-corrected chi connectivity index (χ0v) is 24.0. The van der Waals surface area contributed by atoms with Crippen LogP contribution in [0.1, 0.15) is 12.5 Å². The first kappa shape index (κ1) is 24.2. The van der Waals surface area contributed by atoms with Crippen molar-refractivity contribution in [3.63, 3.8) is 0 Å². The van der Waals surface area contributed by atoms with E-state index >= 15 is 0 Å². The minimum Gasteiger partial charge on any atom is -0.309 e. The van der Waals surface area contributed by atoms with E-state index in [1.54, 1.807) is 0 Å². The second-order valence-corrected chi connectivity index (χ2v) is 11.6. The summed E-state index contributed by atoms with van der Waals surface area (Å²) in [7, 11) is 0. The fourth-order valence-electron chi connectivity index (χ4n) is 7.38. The minimum absolute atomic E-state index is 1.00. The van der Waals surface area contributed by atoms with E-state index in [-0.39, 0.29) is 0 Å². The first-order valence-corrected chi connectivity index (χ1v) is 15.2. The first-order valence-electron chi connectivity index (χ1n) is 15.2. The molecule has 8 aromatic carbocycles. The predicted molar refractivity (Wildman–Crippen MR) is 185 cm³/mol. The Morgan fingerprint density at radius 1 is 0.442 bits per heavy atom. The molecule has 1 heterocycles. The molecule has 0 amide bonds. The van der Waals surface area contributed by atoms with Crippen molar-refractivity contribution in [2.75, 3.05) is 0 Å². The van der Waals surface area contributed by atoms with Gasteiger partial charge in [-0.25, -0.2) is 0 Å². The van der Waals surface area contributed by atoms with Crippen molar-refractivity contribution in [1.82, 2.24) is 4.57 Å². The van der Waals surface area contributed by atoms with Crippen molar-refractivity contribution in [2.24, 2.45) is 0 Å². The smallest absolute Gasteiger partial charge is 0.0541 e. The Morgan fingerprint density at radius 3 is 1.72 bits per heavy atom. The van der Waals surface area contributed by atoms with Crippen LogP contribution in [0.4, 0.5) is 0 Å². The van der Waals surface area contributed by atoms with Crippen LogP contribution in [-0.2, 0) is 6.42 Å². The fraction of sp³-hybridized carbons (Fsp3) is 0.0476. The van der Waals surface area contributed by atoms with Gasteiger partial charge in [-0.15, -0.1) is 0 Å². The molecule has 202 valence electrons. The van der Waals surface area contributed by atoms with Crippen molar-refractivity contribution in [1.29, 1.82) is 0 Å². The van der Waals surface area contributed by atoms with E-state index in [9.17, 15) is 0 Å². The van der Waals surface area contributed by atoms with Gasteiger partial charge < -0.3 is 4.57 Å². The molecule has 0 spiro atoms. The lowest BCUT2D eigenvalue weighted by molar-refractivity contribution is 1.14. The van der Waals surface area contributed by atoms with Crippen molar-refractivity contribution < 1.29 is 0 Å². The summed E-state index contributed by atoms with van der Waals surface area (Å²) in [5.74, 6) is 0. The number of nitrogens with zero attached hydrogens (tertiary/aromatic N) is 1. The van der Waals surface area contributed by atoms with Gasteiger partial charge in [0.25, 0.3) is 0 Å². The van der Waals surface area contributed by atoms with Gasteiger partial charge in [-0.1, -0.05) is 122 Å². The molecule has 1 heteroatoms. The van der Waals surface area contributed by atoms with Gasteiger partial charge in [0.1, 0.15) is 0 Å². The zero-order chi connectivity index (χ0) is 28.5. The van der Waals surface area contributed by atoms with Crippen LogP contribution in [0.2, 0.25) is 0 Å². The molecule has 0 bridgehead atoms. The number of benzene rings is 8. The van der Waals surface area contributed by atoms with Gasteiger partial charge in [0.05, 0.1) is 11.0 Å². The highest BCUT2D eigenvalue weighted by atomic mass is 15.0. The minimum atomic E-state index is 1.00. The molecule has 1 aromatic heterocycles. The predicted octanol–water partition coefficient (Wildman–Crippen LogP) is 11.6. The van der Waals surface area contributed by atoms with Gasteiger partial charge in [-0.3, -0.25) is 0 Å². The third-order valence-corrected chi connectivity index (χ3v) is 9.35. The SMILES string of the molecule is CCc1ccccc1-c1cc(-c2ccc(-n3c4ccccc4c4ccccc43)cc2)c2ccc3cccc4ccc1c2c34. The Morgan fingerprint density at radius 2 is 1.05 bits per heavy atom. The Labute approximate surface area is 250 Å². The number of fused-ring (bicyclic) bond motifs is 3. The number of hydrogen-bond acceptors (Lipinski definition) is 0. The average molecular weight is 548 g/mol. The maximum Gasteiger partial charge on any atom is 0.0541 e. The third kappa shape index (κ3) is 3.52. The van der Waals surface area contributed by atoms with Crippen LogP contribution >= 0.6 is 0 Å². The monoisotopic (exact) mass is 547 g/mol. The summed E-state index contributed by atoms with van der Waals surface area (Å²) < 4.78 is 2.39. The molecule has 0 aliphatic heterocycles. The van der Waals surface area contributed by atoms with Crippen molar-refractivity contribution in [3.05, 3.63) is 151 Å². The van der Waals surface area contributed by atoms with E-state index < -0.39 is 0 Å². The molecule has 9 aromatic rings. The highest BCUT2D eigenvalue weighted by Crippen LogP contribution is 2.45. The van der Waals surface area contributed by atoms with E-state index in [1.807, 2.05) is 0 Å². The standard InChI is InChI=1S/C42H29N/c1-2-27-10-3-4-13-32(27)38-26-37(35-24-20-29-11-9-12-30-21-25-36(38)42(35)41(29)30)28-18-22-31(23-19-28)43-39-16-7-5-14-33(39)34-15-6-8-17-40(34)43/h3-26H,2H2,1H3. The highest BCUT2D eigenvalue weighted by Gasteiger charge is 2.18. The summed E-state index contributed by atoms with van der Waals surface area (Å²) in [4.78, 5) is 0. The van der Waals surface area contributed by atoms with Gasteiger partial charge in [0, 0.05) is 16.5 Å². The molecule has 0 aliphatic rings. The van der Waals surface area contributed by atoms with Crippen LogP contribution in [0, 0.1) is 0 Å². The number of rotatable bonds is 4. The molecule has 0 N–H and O–H groups in total. The Hall–Kier alpha value is -5.40. The summed E-state index contributed by atoms with van der Waals surface area (Å²) in [6.45, 7) is 2.25. The van der Waals surface area contributed by atoms with Crippen LogP contribution in [0.15, 0.2) is 146 Å². The molecule has 0 saturated carbocycles.